The van der Waals surface area contributed by atoms with Gasteiger partial charge in [0.1, 0.15) is 18.0 Å². The van der Waals surface area contributed by atoms with Gasteiger partial charge < -0.3 is 10.2 Å². The lowest BCUT2D eigenvalue weighted by molar-refractivity contribution is -0.176. The number of nitrogens with one attached hydrogen (secondary N) is 1. The van der Waals surface area contributed by atoms with Crippen molar-refractivity contribution in [3.8, 4) is 0 Å². The van der Waals surface area contributed by atoms with E-state index in [1.54, 1.807) is 11.9 Å². The van der Waals surface area contributed by atoms with Crippen LogP contribution in [0.15, 0.2) is 6.33 Å². The molecule has 0 bridgehead atoms. The number of hydrogen-bond acceptors (Lipinski definition) is 4. The SMILES string of the molecule is CCCc1c(NC)ncnc1N1CCCC(C(F)(F)F)C1. The summed E-state index contributed by atoms with van der Waals surface area (Å²) in [6.45, 7) is 2.63. The van der Waals surface area contributed by atoms with Crippen LogP contribution in [0.25, 0.3) is 0 Å². The van der Waals surface area contributed by atoms with Gasteiger partial charge in [0.25, 0.3) is 0 Å². The van der Waals surface area contributed by atoms with Gasteiger partial charge in [0.05, 0.1) is 5.92 Å². The average molecular weight is 302 g/mol. The summed E-state index contributed by atoms with van der Waals surface area (Å²) in [7, 11) is 1.76. The fraction of sp³-hybridized carbons (Fsp3) is 0.714. The number of hydrogen-bond donors (Lipinski definition) is 1. The summed E-state index contributed by atoms with van der Waals surface area (Å²) in [5.41, 5.74) is 0.908. The van der Waals surface area contributed by atoms with Crippen LogP contribution in [-0.2, 0) is 6.42 Å². The quantitative estimate of drug-likeness (QED) is 0.927. The number of alkyl halides is 3. The Bertz CT molecular complexity index is 476. The zero-order valence-electron chi connectivity index (χ0n) is 12.4. The summed E-state index contributed by atoms with van der Waals surface area (Å²) in [6.07, 6.45) is -0.340. The minimum atomic E-state index is -4.14. The van der Waals surface area contributed by atoms with Crippen molar-refractivity contribution in [2.24, 2.45) is 5.92 Å². The Kier molecular flexibility index (Phi) is 4.90. The monoisotopic (exact) mass is 302 g/mol. The van der Waals surface area contributed by atoms with E-state index in [2.05, 4.69) is 15.3 Å². The first-order chi connectivity index (χ1) is 9.97. The van der Waals surface area contributed by atoms with Gasteiger partial charge in [0, 0.05) is 25.7 Å². The number of piperidine rings is 1. The normalized spacial score (nSPS) is 19.7. The van der Waals surface area contributed by atoms with Crippen LogP contribution in [0.5, 0.6) is 0 Å². The molecule has 7 heteroatoms. The molecule has 0 amide bonds. The molecule has 0 spiro atoms. The van der Waals surface area contributed by atoms with Crippen LogP contribution in [0, 0.1) is 5.92 Å². The average Bonchev–Trinajstić information content (AvgIpc) is 2.47. The highest BCUT2D eigenvalue weighted by Crippen LogP contribution is 2.36. The van der Waals surface area contributed by atoms with Gasteiger partial charge in [-0.05, 0) is 19.3 Å². The van der Waals surface area contributed by atoms with Crippen LogP contribution in [0.2, 0.25) is 0 Å². The largest absolute Gasteiger partial charge is 0.393 e. The van der Waals surface area contributed by atoms with Gasteiger partial charge >= 0.3 is 6.18 Å². The van der Waals surface area contributed by atoms with E-state index in [9.17, 15) is 13.2 Å². The molecule has 1 aromatic heterocycles. The number of anilines is 2. The Morgan fingerprint density at radius 2 is 2.14 bits per heavy atom. The van der Waals surface area contributed by atoms with Gasteiger partial charge in [-0.3, -0.25) is 0 Å². The third-order valence-corrected chi connectivity index (χ3v) is 3.84. The highest BCUT2D eigenvalue weighted by atomic mass is 19.4. The third-order valence-electron chi connectivity index (χ3n) is 3.84. The standard InChI is InChI=1S/C14H21F3N4/c1-3-5-11-12(18-2)19-9-20-13(11)21-7-4-6-10(8-21)14(15,16)17/h9-10H,3-8H2,1-2H3,(H,18,19,20). The summed E-state index contributed by atoms with van der Waals surface area (Å²) >= 11 is 0. The Morgan fingerprint density at radius 1 is 1.38 bits per heavy atom. The second kappa shape index (κ2) is 6.49. The van der Waals surface area contributed by atoms with Crippen molar-refractivity contribution in [2.75, 3.05) is 30.4 Å². The maximum Gasteiger partial charge on any atom is 0.393 e. The molecule has 21 heavy (non-hydrogen) atoms. The maximum absolute atomic E-state index is 13.0. The van der Waals surface area contributed by atoms with Gasteiger partial charge in [-0.15, -0.1) is 0 Å². The predicted molar refractivity (Wildman–Crippen MR) is 76.6 cm³/mol. The molecular formula is C14H21F3N4. The Hall–Kier alpha value is -1.53. The Morgan fingerprint density at radius 3 is 2.76 bits per heavy atom. The number of nitrogens with zero attached hydrogens (tertiary/aromatic N) is 3. The van der Waals surface area contributed by atoms with Crippen molar-refractivity contribution in [3.05, 3.63) is 11.9 Å². The lowest BCUT2D eigenvalue weighted by Crippen LogP contribution is -2.42. The number of aromatic nitrogens is 2. The Labute approximate surface area is 122 Å². The van der Waals surface area contributed by atoms with Gasteiger partial charge in [0.2, 0.25) is 0 Å². The zero-order chi connectivity index (χ0) is 15.5. The molecule has 1 atom stereocenters. The summed E-state index contributed by atoms with van der Waals surface area (Å²) in [5, 5.41) is 3.00. The molecule has 1 saturated heterocycles. The minimum absolute atomic E-state index is 0.0135. The van der Waals surface area contributed by atoms with E-state index in [0.717, 1.165) is 18.4 Å². The maximum atomic E-state index is 13.0. The van der Waals surface area contributed by atoms with Gasteiger partial charge in [-0.1, -0.05) is 13.3 Å². The fourth-order valence-corrected chi connectivity index (χ4v) is 2.81. The van der Waals surface area contributed by atoms with Gasteiger partial charge in [-0.2, -0.15) is 13.2 Å². The minimum Gasteiger partial charge on any atom is -0.373 e. The third kappa shape index (κ3) is 3.57. The van der Waals surface area contributed by atoms with Crippen LogP contribution >= 0.6 is 0 Å². The predicted octanol–water partition coefficient (Wildman–Crippen LogP) is 3.25. The van der Waals surface area contributed by atoms with E-state index < -0.39 is 12.1 Å². The van der Waals surface area contributed by atoms with Crippen molar-refractivity contribution >= 4 is 11.6 Å². The Balaban J connectivity index is 2.28. The van der Waals surface area contributed by atoms with E-state index in [0.29, 0.717) is 24.6 Å². The summed E-state index contributed by atoms with van der Waals surface area (Å²) in [4.78, 5) is 10.2. The molecular weight excluding hydrogens is 281 g/mol. The highest BCUT2D eigenvalue weighted by molar-refractivity contribution is 5.58. The lowest BCUT2D eigenvalue weighted by atomic mass is 9.97. The number of rotatable bonds is 4. The zero-order valence-corrected chi connectivity index (χ0v) is 12.4. The van der Waals surface area contributed by atoms with Crippen molar-refractivity contribution in [3.63, 3.8) is 0 Å². The van der Waals surface area contributed by atoms with Crippen molar-refractivity contribution in [1.29, 1.82) is 0 Å². The number of halogens is 3. The molecule has 0 aromatic carbocycles. The molecule has 1 aliphatic rings. The van der Waals surface area contributed by atoms with E-state index in [1.165, 1.54) is 6.33 Å². The van der Waals surface area contributed by atoms with E-state index >= 15 is 0 Å². The van der Waals surface area contributed by atoms with Crippen LogP contribution < -0.4 is 10.2 Å². The highest BCUT2D eigenvalue weighted by Gasteiger charge is 2.42. The first-order valence-corrected chi connectivity index (χ1v) is 7.30. The van der Waals surface area contributed by atoms with Crippen LogP contribution in [0.4, 0.5) is 24.8 Å². The van der Waals surface area contributed by atoms with Crippen molar-refractivity contribution < 1.29 is 13.2 Å². The van der Waals surface area contributed by atoms with Crippen molar-refractivity contribution in [2.45, 2.75) is 38.8 Å². The first-order valence-electron chi connectivity index (χ1n) is 7.30. The summed E-state index contributed by atoms with van der Waals surface area (Å²) in [5.74, 6) is 0.0786. The van der Waals surface area contributed by atoms with Crippen LogP contribution in [-0.4, -0.2) is 36.3 Å². The lowest BCUT2D eigenvalue weighted by Gasteiger charge is -2.35. The van der Waals surface area contributed by atoms with Crippen LogP contribution in [0.3, 0.4) is 0 Å². The summed E-state index contributed by atoms with van der Waals surface area (Å²) < 4.78 is 38.9. The van der Waals surface area contributed by atoms with Gasteiger partial charge in [0.15, 0.2) is 0 Å². The molecule has 2 rings (SSSR count). The van der Waals surface area contributed by atoms with E-state index in [-0.39, 0.29) is 13.0 Å². The second-order valence-electron chi connectivity index (χ2n) is 5.35. The smallest absolute Gasteiger partial charge is 0.373 e. The molecule has 0 radical (unpaired) electrons. The fourth-order valence-electron chi connectivity index (χ4n) is 2.81. The van der Waals surface area contributed by atoms with Crippen LogP contribution in [0.1, 0.15) is 31.7 Å². The molecule has 2 heterocycles. The molecule has 1 fully saturated rings. The van der Waals surface area contributed by atoms with E-state index in [1.807, 2.05) is 6.92 Å². The van der Waals surface area contributed by atoms with E-state index in [4.69, 9.17) is 0 Å². The molecule has 1 unspecified atom stereocenters. The molecule has 1 aliphatic heterocycles. The first kappa shape index (κ1) is 15.9. The molecule has 0 saturated carbocycles. The molecule has 0 aliphatic carbocycles. The topological polar surface area (TPSA) is 41.1 Å². The van der Waals surface area contributed by atoms with Gasteiger partial charge in [-0.25, -0.2) is 9.97 Å². The second-order valence-corrected chi connectivity index (χ2v) is 5.35. The summed E-state index contributed by atoms with van der Waals surface area (Å²) in [6, 6.07) is 0. The van der Waals surface area contributed by atoms with Crippen molar-refractivity contribution in [1.82, 2.24) is 9.97 Å². The molecule has 1 aromatic rings. The molecule has 4 nitrogen and oxygen atoms in total. The molecule has 118 valence electrons. The molecule has 1 N–H and O–H groups in total.